The number of hydrogen-bond donors (Lipinski definition) is 2. The van der Waals surface area contributed by atoms with Crippen LogP contribution in [0.15, 0.2) is 116 Å². The average Bonchev–Trinajstić information content (AvgIpc) is 3.74. The lowest BCUT2D eigenvalue weighted by Gasteiger charge is -2.36. The number of nitrogen functional groups attached to an aromatic ring is 1. The lowest BCUT2D eigenvalue weighted by atomic mass is 10.2. The summed E-state index contributed by atoms with van der Waals surface area (Å²) in [5.74, 6) is 2.64. The maximum Gasteiger partial charge on any atom is 0.164 e. The quantitative estimate of drug-likeness (QED) is 0.166. The van der Waals surface area contributed by atoms with E-state index in [2.05, 4.69) is 78.7 Å². The molecule has 1 aromatic carbocycles. The third-order valence-corrected chi connectivity index (χ3v) is 8.86. The van der Waals surface area contributed by atoms with Crippen molar-refractivity contribution in [2.75, 3.05) is 42.2 Å². The Morgan fingerprint density at radius 2 is 1.36 bits per heavy atom. The number of piperazine rings is 1. The molecular formula is C38H36N12. The van der Waals surface area contributed by atoms with Crippen molar-refractivity contribution < 1.29 is 0 Å². The first-order chi connectivity index (χ1) is 24.6. The summed E-state index contributed by atoms with van der Waals surface area (Å²) < 4.78 is 4.10. The molecule has 50 heavy (non-hydrogen) atoms. The van der Waals surface area contributed by atoms with Crippen molar-refractivity contribution in [1.82, 2.24) is 44.0 Å². The summed E-state index contributed by atoms with van der Waals surface area (Å²) in [4.78, 5) is 30.6. The summed E-state index contributed by atoms with van der Waals surface area (Å²) >= 11 is 0. The van der Waals surface area contributed by atoms with Crippen LogP contribution in [0, 0.1) is 0 Å². The predicted octanol–water partition coefficient (Wildman–Crippen LogP) is 6.46. The third kappa shape index (κ3) is 5.61. The second-order valence-corrected chi connectivity index (χ2v) is 11.9. The normalized spacial score (nSPS) is 14.0. The van der Waals surface area contributed by atoms with Gasteiger partial charge in [0, 0.05) is 68.0 Å². The number of imidazole rings is 2. The molecule has 0 unspecified atom stereocenters. The molecule has 0 aliphatic carbocycles. The molecule has 7 heterocycles. The number of anilines is 3. The van der Waals surface area contributed by atoms with Gasteiger partial charge in [-0.3, -0.25) is 9.13 Å². The Hall–Kier alpha value is -6.40. The van der Waals surface area contributed by atoms with Crippen molar-refractivity contribution in [3.63, 3.8) is 0 Å². The van der Waals surface area contributed by atoms with Crippen LogP contribution in [0.5, 0.6) is 0 Å². The molecule has 1 aliphatic rings. The van der Waals surface area contributed by atoms with Crippen LogP contribution in [0.2, 0.25) is 0 Å². The predicted molar refractivity (Wildman–Crippen MR) is 199 cm³/mol. The minimum atomic E-state index is 0.426. The Balaban J connectivity index is 1.02. The molecule has 8 rings (SSSR count). The Bertz CT molecular complexity index is 2350. The van der Waals surface area contributed by atoms with Crippen LogP contribution in [-0.2, 0) is 0 Å². The van der Waals surface area contributed by atoms with Crippen LogP contribution in [0.4, 0.5) is 17.3 Å². The topological polar surface area (TPSA) is 132 Å². The van der Waals surface area contributed by atoms with Gasteiger partial charge >= 0.3 is 0 Å². The molecule has 6 aromatic heterocycles. The van der Waals surface area contributed by atoms with E-state index in [9.17, 15) is 0 Å². The monoisotopic (exact) mass is 660 g/mol. The van der Waals surface area contributed by atoms with Crippen LogP contribution in [0.25, 0.3) is 56.5 Å². The molecule has 248 valence electrons. The molecule has 0 spiro atoms. The smallest absolute Gasteiger partial charge is 0.164 e. The number of allylic oxidation sites excluding steroid dienone is 3. The Morgan fingerprint density at radius 1 is 0.740 bits per heavy atom. The highest BCUT2D eigenvalue weighted by Gasteiger charge is 2.23. The van der Waals surface area contributed by atoms with E-state index in [0.717, 1.165) is 94.8 Å². The number of nitrogens with two attached hydrogens (primary N) is 1. The zero-order valence-corrected chi connectivity index (χ0v) is 27.7. The standard InChI is InChI=1S/C38H36N12/c1-3-9-26(4-2)49-36(45-31-12-7-20-42-37(31)49)30-11-6-19-41-34(30)46-48-24-22-47(23-25-48)27-14-16-28(17-15-27)50-35(29-10-5-18-40-33(29)39)44-32-13-8-21-43-38(32)50/h4-21H,2-3,22-25H2,1H3,(H2,39,40)(H,41,46)/b26-9+. The van der Waals surface area contributed by atoms with E-state index in [1.165, 1.54) is 0 Å². The first-order valence-corrected chi connectivity index (χ1v) is 16.7. The van der Waals surface area contributed by atoms with Gasteiger partial charge in [0.1, 0.15) is 16.9 Å². The largest absolute Gasteiger partial charge is 0.383 e. The van der Waals surface area contributed by atoms with Gasteiger partial charge in [0.15, 0.2) is 28.8 Å². The van der Waals surface area contributed by atoms with Crippen molar-refractivity contribution in [1.29, 1.82) is 0 Å². The van der Waals surface area contributed by atoms with Crippen molar-refractivity contribution >= 4 is 45.3 Å². The zero-order valence-electron chi connectivity index (χ0n) is 27.7. The first kappa shape index (κ1) is 30.9. The summed E-state index contributed by atoms with van der Waals surface area (Å²) in [5.41, 5.74) is 17.7. The van der Waals surface area contributed by atoms with E-state index in [4.69, 9.17) is 20.7 Å². The maximum absolute atomic E-state index is 6.27. The molecule has 1 aliphatic heterocycles. The number of fused-ring (bicyclic) bond motifs is 2. The molecule has 0 saturated carbocycles. The molecule has 1 saturated heterocycles. The number of pyridine rings is 4. The Kier molecular flexibility index (Phi) is 8.19. The van der Waals surface area contributed by atoms with Gasteiger partial charge in [0.2, 0.25) is 0 Å². The molecule has 0 radical (unpaired) electrons. The van der Waals surface area contributed by atoms with Crippen molar-refractivity contribution in [2.45, 2.75) is 13.3 Å². The van der Waals surface area contributed by atoms with E-state index in [1.54, 1.807) is 24.8 Å². The minimum Gasteiger partial charge on any atom is -0.383 e. The highest BCUT2D eigenvalue weighted by Crippen LogP contribution is 2.33. The van der Waals surface area contributed by atoms with E-state index in [1.807, 2.05) is 59.2 Å². The molecule has 3 N–H and O–H groups in total. The number of hydrazine groups is 1. The zero-order chi connectivity index (χ0) is 34.0. The number of nitrogens with zero attached hydrogens (tertiary/aromatic N) is 10. The summed E-state index contributed by atoms with van der Waals surface area (Å²) in [6.45, 7) is 9.44. The molecule has 0 atom stereocenters. The third-order valence-electron chi connectivity index (χ3n) is 8.86. The summed E-state index contributed by atoms with van der Waals surface area (Å²) in [5, 5.41) is 2.21. The van der Waals surface area contributed by atoms with Gasteiger partial charge in [-0.2, -0.15) is 0 Å². The van der Waals surface area contributed by atoms with Gasteiger partial charge in [0.05, 0.1) is 11.1 Å². The SMILES string of the molecule is C=C/C(=C\CC)n1c(-c2cccnc2NN2CCN(c3ccc(-n4c(-c5cccnc5N)nc5cccnc54)cc3)CC2)nc2cccnc21. The minimum absolute atomic E-state index is 0.426. The Labute approximate surface area is 289 Å². The van der Waals surface area contributed by atoms with E-state index >= 15 is 0 Å². The fourth-order valence-electron chi connectivity index (χ4n) is 6.47. The van der Waals surface area contributed by atoms with E-state index in [-0.39, 0.29) is 0 Å². The van der Waals surface area contributed by atoms with Crippen LogP contribution in [0.1, 0.15) is 13.3 Å². The number of rotatable bonds is 9. The summed E-state index contributed by atoms with van der Waals surface area (Å²) in [6, 6.07) is 24.0. The molecular weight excluding hydrogens is 625 g/mol. The van der Waals surface area contributed by atoms with Crippen molar-refractivity contribution in [3.8, 4) is 28.5 Å². The van der Waals surface area contributed by atoms with E-state index < -0.39 is 0 Å². The molecule has 12 heteroatoms. The van der Waals surface area contributed by atoms with Crippen LogP contribution < -0.4 is 16.1 Å². The lowest BCUT2D eigenvalue weighted by Crippen LogP contribution is -2.48. The van der Waals surface area contributed by atoms with Gasteiger partial charge in [0.25, 0.3) is 0 Å². The van der Waals surface area contributed by atoms with Gasteiger partial charge in [-0.15, -0.1) is 0 Å². The van der Waals surface area contributed by atoms with Crippen molar-refractivity contribution in [2.24, 2.45) is 0 Å². The fraction of sp³-hybridized carbons (Fsp3) is 0.158. The van der Waals surface area contributed by atoms with Gasteiger partial charge in [-0.25, -0.2) is 34.9 Å². The van der Waals surface area contributed by atoms with Gasteiger partial charge < -0.3 is 16.1 Å². The van der Waals surface area contributed by atoms with Crippen molar-refractivity contribution in [3.05, 3.63) is 116 Å². The molecule has 0 bridgehead atoms. The molecule has 12 nitrogen and oxygen atoms in total. The lowest BCUT2D eigenvalue weighted by molar-refractivity contribution is 0.307. The second-order valence-electron chi connectivity index (χ2n) is 11.9. The number of benzene rings is 1. The maximum atomic E-state index is 6.27. The van der Waals surface area contributed by atoms with Crippen LogP contribution in [0.3, 0.4) is 0 Å². The second kappa shape index (κ2) is 13.2. The highest BCUT2D eigenvalue weighted by atomic mass is 15.5. The first-order valence-electron chi connectivity index (χ1n) is 16.7. The molecule has 0 amide bonds. The highest BCUT2D eigenvalue weighted by molar-refractivity contribution is 5.86. The number of aromatic nitrogens is 8. The van der Waals surface area contributed by atoms with Crippen LogP contribution in [-0.4, -0.2) is 70.2 Å². The molecule has 7 aromatic rings. The molecule has 1 fully saturated rings. The van der Waals surface area contributed by atoms with Crippen LogP contribution >= 0.6 is 0 Å². The number of nitrogens with one attached hydrogen (secondary N) is 1. The van der Waals surface area contributed by atoms with E-state index in [0.29, 0.717) is 11.6 Å². The number of hydrogen-bond acceptors (Lipinski definition) is 10. The average molecular weight is 661 g/mol. The Morgan fingerprint density at radius 3 is 2.08 bits per heavy atom. The van der Waals surface area contributed by atoms with Gasteiger partial charge in [-0.1, -0.05) is 19.6 Å². The summed E-state index contributed by atoms with van der Waals surface area (Å²) in [7, 11) is 0. The fourth-order valence-corrected chi connectivity index (χ4v) is 6.47. The summed E-state index contributed by atoms with van der Waals surface area (Å²) in [6.07, 6.45) is 11.9. The van der Waals surface area contributed by atoms with Gasteiger partial charge in [-0.05, 0) is 85.3 Å².